The summed E-state index contributed by atoms with van der Waals surface area (Å²) in [6, 6.07) is 15.6. The lowest BCUT2D eigenvalue weighted by atomic mass is 10.0. The fraction of sp³-hybridized carbons (Fsp3) is 0.167. The van der Waals surface area contributed by atoms with Crippen molar-refractivity contribution < 1.29 is 14.3 Å². The Morgan fingerprint density at radius 2 is 1.72 bits per heavy atom. The minimum Gasteiger partial charge on any atom is -0.493 e. The fourth-order valence-electron chi connectivity index (χ4n) is 3.24. The van der Waals surface area contributed by atoms with Gasteiger partial charge in [0.15, 0.2) is 11.5 Å². The first-order valence-corrected chi connectivity index (χ1v) is 10.7. The molecule has 32 heavy (non-hydrogen) atoms. The normalized spacial score (nSPS) is 10.6. The van der Waals surface area contributed by atoms with Crippen LogP contribution in [0, 0.1) is 0 Å². The first-order chi connectivity index (χ1) is 15.6. The second-order valence-electron chi connectivity index (χ2n) is 7.07. The van der Waals surface area contributed by atoms with Crippen LogP contribution >= 0.6 is 11.3 Å². The molecule has 0 saturated carbocycles. The Morgan fingerprint density at radius 3 is 2.44 bits per heavy atom. The monoisotopic (exact) mass is 446 g/mol. The number of methoxy groups -OCH3 is 2. The van der Waals surface area contributed by atoms with Gasteiger partial charge >= 0.3 is 0 Å². The predicted molar refractivity (Wildman–Crippen MR) is 126 cm³/mol. The van der Waals surface area contributed by atoms with Gasteiger partial charge in [-0.05, 0) is 55.0 Å². The van der Waals surface area contributed by atoms with E-state index in [-0.39, 0.29) is 5.78 Å². The maximum atomic E-state index is 11.3. The van der Waals surface area contributed by atoms with Gasteiger partial charge in [-0.1, -0.05) is 17.4 Å². The zero-order valence-electron chi connectivity index (χ0n) is 18.0. The molecular formula is C24H22N4O3S. The third kappa shape index (κ3) is 4.76. The summed E-state index contributed by atoms with van der Waals surface area (Å²) in [6.45, 7) is 1.55. The summed E-state index contributed by atoms with van der Waals surface area (Å²) in [5.41, 5.74) is 4.70. The van der Waals surface area contributed by atoms with Crippen molar-refractivity contribution in [2.24, 2.45) is 0 Å². The number of anilines is 2. The first kappa shape index (κ1) is 21.5. The third-order valence-corrected chi connectivity index (χ3v) is 5.77. The summed E-state index contributed by atoms with van der Waals surface area (Å²) in [7, 11) is 3.23. The lowest BCUT2D eigenvalue weighted by Crippen LogP contribution is -1.95. The summed E-state index contributed by atoms with van der Waals surface area (Å²) in [6.07, 6.45) is 3.88. The van der Waals surface area contributed by atoms with Crippen LogP contribution in [0.3, 0.4) is 0 Å². The van der Waals surface area contributed by atoms with Gasteiger partial charge in [0, 0.05) is 34.9 Å². The van der Waals surface area contributed by atoms with Crippen molar-refractivity contribution in [3.05, 3.63) is 65.9 Å². The number of Topliss-reactive ketones (excluding diaryl/α,β-unsaturated/α-hetero) is 1. The van der Waals surface area contributed by atoms with E-state index in [1.807, 2.05) is 54.7 Å². The summed E-state index contributed by atoms with van der Waals surface area (Å²) in [5, 5.41) is 13.3. The minimum atomic E-state index is 0.0786. The Bertz CT molecular complexity index is 1240. The first-order valence-electron chi connectivity index (χ1n) is 9.93. The van der Waals surface area contributed by atoms with E-state index < -0.39 is 0 Å². The molecule has 0 atom stereocenters. The molecule has 2 heterocycles. The Morgan fingerprint density at radius 1 is 0.969 bits per heavy atom. The number of pyridine rings is 1. The molecule has 0 spiro atoms. The quantitative estimate of drug-likeness (QED) is 0.400. The van der Waals surface area contributed by atoms with Crippen LogP contribution in [0.5, 0.6) is 11.5 Å². The van der Waals surface area contributed by atoms with Gasteiger partial charge in [-0.25, -0.2) is 0 Å². The zero-order chi connectivity index (χ0) is 22.5. The number of aromatic nitrogens is 3. The predicted octanol–water partition coefficient (Wildman–Crippen LogP) is 5.16. The Balaban J connectivity index is 1.57. The molecule has 1 N–H and O–H groups in total. The molecular weight excluding hydrogens is 424 g/mol. The van der Waals surface area contributed by atoms with Crippen LogP contribution in [0.15, 0.2) is 60.9 Å². The Kier molecular flexibility index (Phi) is 6.42. The molecule has 4 rings (SSSR count). The van der Waals surface area contributed by atoms with Crippen LogP contribution in [0.1, 0.15) is 11.9 Å². The van der Waals surface area contributed by atoms with E-state index in [2.05, 4.69) is 20.5 Å². The average Bonchev–Trinajstić information content (AvgIpc) is 3.27. The van der Waals surface area contributed by atoms with E-state index in [1.165, 1.54) is 11.3 Å². The van der Waals surface area contributed by atoms with Crippen LogP contribution < -0.4 is 14.8 Å². The van der Waals surface area contributed by atoms with Gasteiger partial charge < -0.3 is 14.8 Å². The zero-order valence-corrected chi connectivity index (χ0v) is 18.8. The van der Waals surface area contributed by atoms with Gasteiger partial charge in [0.25, 0.3) is 0 Å². The second kappa shape index (κ2) is 9.57. The number of hydrogen-bond donors (Lipinski definition) is 1. The molecule has 4 aromatic rings. The highest BCUT2D eigenvalue weighted by Crippen LogP contribution is 2.36. The highest BCUT2D eigenvalue weighted by molar-refractivity contribution is 7.14. The van der Waals surface area contributed by atoms with Crippen molar-refractivity contribution in [1.29, 1.82) is 0 Å². The van der Waals surface area contributed by atoms with Gasteiger partial charge in [-0.2, -0.15) is 0 Å². The van der Waals surface area contributed by atoms with Crippen molar-refractivity contribution in [3.8, 4) is 33.2 Å². The molecule has 0 radical (unpaired) electrons. The number of carbonyl (C=O) groups excluding carboxylic acids is 1. The molecule has 8 heteroatoms. The number of ketones is 1. The lowest BCUT2D eigenvalue weighted by Gasteiger charge is -2.14. The van der Waals surface area contributed by atoms with Crippen LogP contribution in [0.4, 0.5) is 11.4 Å². The largest absolute Gasteiger partial charge is 0.493 e. The topological polar surface area (TPSA) is 86.2 Å². The Hall–Kier alpha value is -3.78. The molecule has 0 unspecified atom stereocenters. The van der Waals surface area contributed by atoms with Crippen molar-refractivity contribution >= 4 is 28.5 Å². The molecule has 2 aromatic heterocycles. The van der Waals surface area contributed by atoms with Gasteiger partial charge in [0.1, 0.15) is 15.8 Å². The number of benzene rings is 2. The van der Waals surface area contributed by atoms with Crippen LogP contribution in [-0.4, -0.2) is 35.2 Å². The number of carbonyl (C=O) groups is 1. The fourth-order valence-corrected chi connectivity index (χ4v) is 4.16. The summed E-state index contributed by atoms with van der Waals surface area (Å²) in [5.74, 6) is 1.41. The van der Waals surface area contributed by atoms with E-state index in [0.29, 0.717) is 17.9 Å². The summed E-state index contributed by atoms with van der Waals surface area (Å²) >= 11 is 1.44. The van der Waals surface area contributed by atoms with E-state index in [9.17, 15) is 4.79 Å². The molecule has 0 saturated heterocycles. The smallest absolute Gasteiger partial charge is 0.161 e. The standard InChI is InChI=1S/C24H22N4O3S/c1-15(29)12-23-27-28-24(32-23)16-4-7-18(8-5-16)26-20-10-11-25-14-19(20)17-6-9-21(30-2)22(13-17)31-3/h4-11,13-14H,12H2,1-3H3,(H,25,26). The van der Waals surface area contributed by atoms with Crippen molar-refractivity contribution in [3.63, 3.8) is 0 Å². The number of hydrogen-bond acceptors (Lipinski definition) is 8. The van der Waals surface area contributed by atoms with Crippen LogP contribution in [0.2, 0.25) is 0 Å². The van der Waals surface area contributed by atoms with Crippen LogP contribution in [-0.2, 0) is 11.2 Å². The molecule has 7 nitrogen and oxygen atoms in total. The summed E-state index contributed by atoms with van der Waals surface area (Å²) < 4.78 is 10.8. The van der Waals surface area contributed by atoms with E-state index in [0.717, 1.165) is 38.1 Å². The van der Waals surface area contributed by atoms with Crippen molar-refractivity contribution in [2.45, 2.75) is 13.3 Å². The van der Waals surface area contributed by atoms with Gasteiger partial charge in [0.05, 0.1) is 20.6 Å². The van der Waals surface area contributed by atoms with E-state index in [1.54, 1.807) is 27.3 Å². The van der Waals surface area contributed by atoms with Crippen molar-refractivity contribution in [2.75, 3.05) is 19.5 Å². The van der Waals surface area contributed by atoms with E-state index >= 15 is 0 Å². The maximum Gasteiger partial charge on any atom is 0.161 e. The molecule has 0 aliphatic carbocycles. The van der Waals surface area contributed by atoms with Gasteiger partial charge in [-0.15, -0.1) is 10.2 Å². The molecule has 0 bridgehead atoms. The lowest BCUT2D eigenvalue weighted by molar-refractivity contribution is -0.116. The Labute approximate surface area is 190 Å². The molecule has 0 amide bonds. The van der Waals surface area contributed by atoms with Gasteiger partial charge in [-0.3, -0.25) is 9.78 Å². The highest BCUT2D eigenvalue weighted by atomic mass is 32.1. The SMILES string of the molecule is COc1ccc(-c2cnccc2Nc2ccc(-c3nnc(CC(C)=O)s3)cc2)cc1OC. The molecule has 0 aliphatic heterocycles. The molecule has 162 valence electrons. The molecule has 2 aromatic carbocycles. The second-order valence-corrected chi connectivity index (χ2v) is 8.14. The molecule has 0 aliphatic rings. The maximum absolute atomic E-state index is 11.3. The minimum absolute atomic E-state index is 0.0786. The van der Waals surface area contributed by atoms with Crippen LogP contribution in [0.25, 0.3) is 21.7 Å². The van der Waals surface area contributed by atoms with Crippen molar-refractivity contribution in [1.82, 2.24) is 15.2 Å². The molecule has 0 fully saturated rings. The van der Waals surface area contributed by atoms with Gasteiger partial charge in [0.2, 0.25) is 0 Å². The number of nitrogens with zero attached hydrogens (tertiary/aromatic N) is 3. The third-order valence-electron chi connectivity index (χ3n) is 4.79. The number of nitrogens with one attached hydrogen (secondary N) is 1. The van der Waals surface area contributed by atoms with E-state index in [4.69, 9.17) is 9.47 Å². The summed E-state index contributed by atoms with van der Waals surface area (Å²) in [4.78, 5) is 15.6. The number of ether oxygens (including phenoxy) is 2. The average molecular weight is 447 g/mol. The highest BCUT2D eigenvalue weighted by Gasteiger charge is 2.11. The number of rotatable bonds is 8.